The lowest BCUT2D eigenvalue weighted by Gasteiger charge is -2.07. The summed E-state index contributed by atoms with van der Waals surface area (Å²) in [6.07, 6.45) is 3.52. The molecule has 0 spiro atoms. The van der Waals surface area contributed by atoms with Crippen molar-refractivity contribution < 1.29 is 13.9 Å². The van der Waals surface area contributed by atoms with Crippen LogP contribution >= 0.6 is 0 Å². The van der Waals surface area contributed by atoms with Crippen LogP contribution in [-0.2, 0) is 4.74 Å². The Morgan fingerprint density at radius 3 is 2.72 bits per heavy atom. The van der Waals surface area contributed by atoms with Crippen LogP contribution in [0.5, 0.6) is 0 Å². The van der Waals surface area contributed by atoms with Crippen molar-refractivity contribution in [1.82, 2.24) is 15.0 Å². The molecule has 7 heteroatoms. The monoisotopic (exact) mass is 248 g/mol. The highest BCUT2D eigenvalue weighted by Crippen LogP contribution is 2.16. The van der Waals surface area contributed by atoms with Crippen LogP contribution in [0.3, 0.4) is 0 Å². The molecule has 0 aliphatic rings. The summed E-state index contributed by atoms with van der Waals surface area (Å²) in [5.74, 6) is -0.696. The maximum atomic E-state index is 12.6. The molecule has 0 radical (unpaired) electrons. The SMILES string of the molecule is COC(=O)c1cccnc1Nc1ncc(F)cn1. The minimum atomic E-state index is -0.547. The van der Waals surface area contributed by atoms with Gasteiger partial charge in [0.25, 0.3) is 0 Å². The van der Waals surface area contributed by atoms with Crippen LogP contribution in [0.25, 0.3) is 0 Å². The van der Waals surface area contributed by atoms with Crippen molar-refractivity contribution in [2.75, 3.05) is 12.4 Å². The number of aromatic nitrogens is 3. The second-order valence-corrected chi connectivity index (χ2v) is 3.24. The Balaban J connectivity index is 2.28. The fourth-order valence-electron chi connectivity index (χ4n) is 1.26. The number of ether oxygens (including phenoxy) is 1. The number of nitrogens with zero attached hydrogens (tertiary/aromatic N) is 3. The van der Waals surface area contributed by atoms with Crippen LogP contribution < -0.4 is 5.32 Å². The van der Waals surface area contributed by atoms with Crippen LogP contribution in [0.4, 0.5) is 16.2 Å². The molecule has 2 aromatic heterocycles. The zero-order chi connectivity index (χ0) is 13.0. The number of halogens is 1. The molecule has 0 saturated carbocycles. The van der Waals surface area contributed by atoms with E-state index in [2.05, 4.69) is 25.0 Å². The molecule has 0 fully saturated rings. The predicted octanol–water partition coefficient (Wildman–Crippen LogP) is 1.54. The maximum absolute atomic E-state index is 12.6. The molecule has 92 valence electrons. The molecule has 0 aliphatic carbocycles. The summed E-state index contributed by atoms with van der Waals surface area (Å²) in [6.45, 7) is 0. The smallest absolute Gasteiger partial charge is 0.341 e. The molecule has 6 nitrogen and oxygen atoms in total. The molecular formula is C11H9FN4O2. The van der Waals surface area contributed by atoms with E-state index in [-0.39, 0.29) is 17.3 Å². The van der Waals surface area contributed by atoms with Crippen LogP contribution in [-0.4, -0.2) is 28.0 Å². The highest BCUT2D eigenvalue weighted by atomic mass is 19.1. The molecule has 1 N–H and O–H groups in total. The molecule has 2 rings (SSSR count). The lowest BCUT2D eigenvalue weighted by atomic mass is 10.2. The number of hydrogen-bond acceptors (Lipinski definition) is 6. The first kappa shape index (κ1) is 11.9. The molecule has 2 heterocycles. The number of carbonyl (C=O) groups excluding carboxylic acids is 1. The Morgan fingerprint density at radius 2 is 2.06 bits per heavy atom. The van der Waals surface area contributed by atoms with E-state index in [1.54, 1.807) is 12.1 Å². The van der Waals surface area contributed by atoms with Crippen molar-refractivity contribution in [3.63, 3.8) is 0 Å². The fraction of sp³-hybridized carbons (Fsp3) is 0.0909. The Labute approximate surface area is 102 Å². The highest BCUT2D eigenvalue weighted by Gasteiger charge is 2.13. The number of hydrogen-bond donors (Lipinski definition) is 1. The third kappa shape index (κ3) is 2.57. The normalized spacial score (nSPS) is 9.89. The van der Waals surface area contributed by atoms with Gasteiger partial charge in [-0.2, -0.15) is 0 Å². The predicted molar refractivity (Wildman–Crippen MR) is 60.8 cm³/mol. The quantitative estimate of drug-likeness (QED) is 0.830. The summed E-state index contributed by atoms with van der Waals surface area (Å²) >= 11 is 0. The Bertz CT molecular complexity index is 559. The van der Waals surface area contributed by atoms with Crippen molar-refractivity contribution in [2.45, 2.75) is 0 Å². The third-order valence-electron chi connectivity index (χ3n) is 2.06. The fourth-order valence-corrected chi connectivity index (χ4v) is 1.26. The first-order valence-electron chi connectivity index (χ1n) is 4.98. The second-order valence-electron chi connectivity index (χ2n) is 3.24. The summed E-state index contributed by atoms with van der Waals surface area (Å²) in [5.41, 5.74) is 0.243. The second kappa shape index (κ2) is 5.17. The van der Waals surface area contributed by atoms with E-state index in [1.165, 1.54) is 13.3 Å². The van der Waals surface area contributed by atoms with Gasteiger partial charge in [0.05, 0.1) is 19.5 Å². The summed E-state index contributed by atoms with van der Waals surface area (Å²) in [7, 11) is 1.27. The standard InChI is InChI=1S/C11H9FN4O2/c1-18-10(17)8-3-2-4-13-9(8)16-11-14-5-7(12)6-15-11/h2-6H,1H3,(H,13,14,15,16). The van der Waals surface area contributed by atoms with Gasteiger partial charge in [-0.1, -0.05) is 0 Å². The van der Waals surface area contributed by atoms with Crippen molar-refractivity contribution in [1.29, 1.82) is 0 Å². The largest absolute Gasteiger partial charge is 0.465 e. The summed E-state index contributed by atoms with van der Waals surface area (Å²) in [5, 5.41) is 2.71. The zero-order valence-electron chi connectivity index (χ0n) is 9.42. The molecule has 0 saturated heterocycles. The summed E-state index contributed by atoms with van der Waals surface area (Å²) in [6, 6.07) is 3.15. The summed E-state index contributed by atoms with van der Waals surface area (Å²) < 4.78 is 17.3. The number of anilines is 2. The molecule has 18 heavy (non-hydrogen) atoms. The van der Waals surface area contributed by atoms with E-state index < -0.39 is 11.8 Å². The van der Waals surface area contributed by atoms with Crippen molar-refractivity contribution in [3.05, 3.63) is 42.1 Å². The van der Waals surface area contributed by atoms with E-state index in [4.69, 9.17) is 0 Å². The van der Waals surface area contributed by atoms with Gasteiger partial charge in [-0.05, 0) is 12.1 Å². The van der Waals surface area contributed by atoms with Crippen molar-refractivity contribution >= 4 is 17.7 Å². The summed E-state index contributed by atoms with van der Waals surface area (Å²) in [4.78, 5) is 22.9. The number of carbonyl (C=O) groups is 1. The van der Waals surface area contributed by atoms with Gasteiger partial charge in [0, 0.05) is 6.20 Å². The van der Waals surface area contributed by atoms with Gasteiger partial charge in [0.2, 0.25) is 5.95 Å². The minimum absolute atomic E-state index is 0.139. The highest BCUT2D eigenvalue weighted by molar-refractivity contribution is 5.94. The van der Waals surface area contributed by atoms with Gasteiger partial charge < -0.3 is 10.1 Å². The topological polar surface area (TPSA) is 77.0 Å². The number of methoxy groups -OCH3 is 1. The van der Waals surface area contributed by atoms with Gasteiger partial charge in [-0.25, -0.2) is 24.1 Å². The van der Waals surface area contributed by atoms with Gasteiger partial charge >= 0.3 is 5.97 Å². The molecule has 2 aromatic rings. The number of nitrogens with one attached hydrogen (secondary N) is 1. The molecule has 0 aliphatic heterocycles. The van der Waals surface area contributed by atoms with Crippen molar-refractivity contribution in [2.24, 2.45) is 0 Å². The first-order valence-corrected chi connectivity index (χ1v) is 4.98. The Hall–Kier alpha value is -2.57. The van der Waals surface area contributed by atoms with E-state index in [1.807, 2.05) is 0 Å². The van der Waals surface area contributed by atoms with E-state index >= 15 is 0 Å². The third-order valence-corrected chi connectivity index (χ3v) is 2.06. The lowest BCUT2D eigenvalue weighted by molar-refractivity contribution is 0.0601. The van der Waals surface area contributed by atoms with Crippen molar-refractivity contribution in [3.8, 4) is 0 Å². The first-order chi connectivity index (χ1) is 8.70. The van der Waals surface area contributed by atoms with Crippen LogP contribution in [0.1, 0.15) is 10.4 Å². The van der Waals surface area contributed by atoms with E-state index in [9.17, 15) is 9.18 Å². The van der Waals surface area contributed by atoms with Crippen LogP contribution in [0, 0.1) is 5.82 Å². The van der Waals surface area contributed by atoms with Gasteiger partial charge in [0.1, 0.15) is 11.4 Å². The zero-order valence-corrected chi connectivity index (χ0v) is 9.42. The van der Waals surface area contributed by atoms with Gasteiger partial charge in [-0.15, -0.1) is 0 Å². The molecule has 0 atom stereocenters. The van der Waals surface area contributed by atoms with Crippen LogP contribution in [0.15, 0.2) is 30.7 Å². The minimum Gasteiger partial charge on any atom is -0.465 e. The molecule has 0 amide bonds. The Kier molecular flexibility index (Phi) is 3.42. The van der Waals surface area contributed by atoms with Gasteiger partial charge in [-0.3, -0.25) is 0 Å². The average Bonchev–Trinajstić information content (AvgIpc) is 2.41. The maximum Gasteiger partial charge on any atom is 0.341 e. The number of rotatable bonds is 3. The number of pyridine rings is 1. The molecule has 0 bridgehead atoms. The molecule has 0 unspecified atom stereocenters. The number of esters is 1. The molecule has 0 aromatic carbocycles. The van der Waals surface area contributed by atoms with Crippen LogP contribution in [0.2, 0.25) is 0 Å². The average molecular weight is 248 g/mol. The molecular weight excluding hydrogens is 239 g/mol. The van der Waals surface area contributed by atoms with E-state index in [0.29, 0.717) is 0 Å². The van der Waals surface area contributed by atoms with E-state index in [0.717, 1.165) is 12.4 Å². The Morgan fingerprint density at radius 1 is 1.33 bits per heavy atom. The lowest BCUT2D eigenvalue weighted by Crippen LogP contribution is -2.08. The van der Waals surface area contributed by atoms with Gasteiger partial charge in [0.15, 0.2) is 5.82 Å².